The lowest BCUT2D eigenvalue weighted by Crippen LogP contribution is -2.37. The van der Waals surface area contributed by atoms with Gasteiger partial charge in [0.2, 0.25) is 0 Å². The molecule has 2 aliphatic rings. The zero-order valence-corrected chi connectivity index (χ0v) is 18.5. The van der Waals surface area contributed by atoms with Crippen LogP contribution in [0.25, 0.3) is 5.57 Å². The molecule has 0 atom stereocenters. The maximum Gasteiger partial charge on any atom is 0.409 e. The average Bonchev–Trinajstić information content (AvgIpc) is 2.83. The summed E-state index contributed by atoms with van der Waals surface area (Å²) in [4.78, 5) is 13.8. The Kier molecular flexibility index (Phi) is 6.99. The quantitative estimate of drug-likeness (QED) is 0.458. The second kappa shape index (κ2) is 9.45. The summed E-state index contributed by atoms with van der Waals surface area (Å²) in [7, 11) is 0. The Morgan fingerprint density at radius 2 is 2.04 bits per heavy atom. The Balaban J connectivity index is 1.99. The van der Waals surface area contributed by atoms with Crippen LogP contribution in [0.4, 0.5) is 4.79 Å². The first-order valence-electron chi connectivity index (χ1n) is 9.74. The number of benzene rings is 1. The molecule has 1 amide bonds. The average molecular weight is 490 g/mol. The number of nitrogens with two attached hydrogens (primary N) is 1. The third kappa shape index (κ3) is 4.51. The molecule has 4 nitrogen and oxygen atoms in total. The van der Waals surface area contributed by atoms with Crippen LogP contribution in [0.15, 0.2) is 59.8 Å². The van der Waals surface area contributed by atoms with Crippen LogP contribution in [0.3, 0.4) is 0 Å². The van der Waals surface area contributed by atoms with Gasteiger partial charge in [0.1, 0.15) is 0 Å². The fraction of sp³-hybridized carbons (Fsp3) is 0.348. The van der Waals surface area contributed by atoms with E-state index < -0.39 is 0 Å². The van der Waals surface area contributed by atoms with E-state index in [1.165, 1.54) is 31.4 Å². The molecule has 0 aromatic heterocycles. The first-order chi connectivity index (χ1) is 13.5. The molecule has 0 unspecified atom stereocenters. The van der Waals surface area contributed by atoms with E-state index in [0.29, 0.717) is 19.7 Å². The molecule has 5 heteroatoms. The summed E-state index contributed by atoms with van der Waals surface area (Å²) in [6.07, 6.45) is 8.93. The molecular weight excluding hydrogens is 463 g/mol. The molecule has 28 heavy (non-hydrogen) atoms. The Hall–Kier alpha value is -2.02. The van der Waals surface area contributed by atoms with E-state index in [4.69, 9.17) is 10.5 Å². The number of carbonyl (C=O) groups is 1. The van der Waals surface area contributed by atoms with Crippen LogP contribution < -0.4 is 5.73 Å². The summed E-state index contributed by atoms with van der Waals surface area (Å²) in [6.45, 7) is 8.09. The van der Waals surface area contributed by atoms with Gasteiger partial charge in [0.25, 0.3) is 0 Å². The number of piperidine rings is 1. The minimum atomic E-state index is -0.213. The van der Waals surface area contributed by atoms with Crippen molar-refractivity contribution in [3.8, 4) is 0 Å². The Morgan fingerprint density at radius 3 is 2.71 bits per heavy atom. The van der Waals surface area contributed by atoms with Crippen molar-refractivity contribution >= 4 is 34.3 Å². The number of halogens is 1. The predicted octanol–water partition coefficient (Wildman–Crippen LogP) is 5.20. The number of amides is 1. The van der Waals surface area contributed by atoms with E-state index in [2.05, 4.69) is 53.4 Å². The van der Waals surface area contributed by atoms with Gasteiger partial charge in [-0.1, -0.05) is 24.3 Å². The van der Waals surface area contributed by atoms with Crippen LogP contribution in [-0.4, -0.2) is 30.7 Å². The molecule has 1 aromatic rings. The Bertz CT molecular complexity index is 857. The monoisotopic (exact) mass is 490 g/mol. The van der Waals surface area contributed by atoms with Crippen molar-refractivity contribution in [3.05, 3.63) is 74.5 Å². The van der Waals surface area contributed by atoms with Gasteiger partial charge in [0.15, 0.2) is 0 Å². The number of hydrogen-bond acceptors (Lipinski definition) is 3. The van der Waals surface area contributed by atoms with Gasteiger partial charge in [0, 0.05) is 16.7 Å². The van der Waals surface area contributed by atoms with Crippen LogP contribution in [0.2, 0.25) is 0 Å². The summed E-state index contributed by atoms with van der Waals surface area (Å²) in [5, 5.41) is 0. The van der Waals surface area contributed by atoms with Gasteiger partial charge >= 0.3 is 6.09 Å². The predicted molar refractivity (Wildman–Crippen MR) is 123 cm³/mol. The third-order valence-corrected chi connectivity index (χ3v) is 6.02. The summed E-state index contributed by atoms with van der Waals surface area (Å²) in [5.74, 6) is 0. The highest BCUT2D eigenvalue weighted by atomic mass is 127. The van der Waals surface area contributed by atoms with Gasteiger partial charge in [-0.3, -0.25) is 0 Å². The molecule has 1 aliphatic heterocycles. The number of likely N-dealkylation sites (tertiary alicyclic amines) is 1. The maximum absolute atomic E-state index is 12.0. The number of rotatable bonds is 2. The standard InChI is InChI=1S/C23H27IN2O2/c1-3-28-23(27)26-13-10-18(11-14-26)22-16(2)17(5-4-12-25)6-7-19-15-20(24)8-9-21(19)22/h4-5,8-9,12,15H,2-3,6-7,10-11,13-14,25H2,1H3/b12-4-,17-5-. The van der Waals surface area contributed by atoms with Gasteiger partial charge in [-0.15, -0.1) is 0 Å². The largest absolute Gasteiger partial charge is 0.450 e. The van der Waals surface area contributed by atoms with Crippen LogP contribution in [0.1, 0.15) is 37.3 Å². The van der Waals surface area contributed by atoms with Crippen molar-refractivity contribution in [1.82, 2.24) is 4.90 Å². The van der Waals surface area contributed by atoms with Gasteiger partial charge in [-0.05, 0) is 107 Å². The minimum absolute atomic E-state index is 0.213. The summed E-state index contributed by atoms with van der Waals surface area (Å²) in [6, 6.07) is 6.67. The minimum Gasteiger partial charge on any atom is -0.450 e. The molecule has 0 radical (unpaired) electrons. The van der Waals surface area contributed by atoms with E-state index in [-0.39, 0.29) is 6.09 Å². The van der Waals surface area contributed by atoms with E-state index in [1.54, 1.807) is 11.1 Å². The number of fused-ring (bicyclic) bond motifs is 1. The van der Waals surface area contributed by atoms with Crippen LogP contribution >= 0.6 is 22.6 Å². The van der Waals surface area contributed by atoms with Crippen LogP contribution in [0, 0.1) is 3.57 Å². The SMILES string of the molecule is C=C1C(=C2CCN(C(=O)OCC)CC2)c2ccc(I)cc2CC/C1=C/C=C\N. The molecule has 2 N–H and O–H groups in total. The summed E-state index contributed by atoms with van der Waals surface area (Å²) in [5.41, 5.74) is 13.1. The zero-order chi connectivity index (χ0) is 20.1. The van der Waals surface area contributed by atoms with Crippen molar-refractivity contribution in [2.45, 2.75) is 32.6 Å². The number of aryl methyl sites for hydroxylation is 1. The number of allylic oxidation sites excluding steroid dienone is 5. The number of ether oxygens (including phenoxy) is 1. The number of nitrogens with zero attached hydrogens (tertiary/aromatic N) is 1. The molecular formula is C23H27IN2O2. The molecule has 1 fully saturated rings. The normalized spacial score (nSPS) is 19.1. The highest BCUT2D eigenvalue weighted by molar-refractivity contribution is 14.1. The smallest absolute Gasteiger partial charge is 0.409 e. The van der Waals surface area contributed by atoms with Gasteiger partial charge in [-0.2, -0.15) is 0 Å². The summed E-state index contributed by atoms with van der Waals surface area (Å²) >= 11 is 2.37. The van der Waals surface area contributed by atoms with Gasteiger partial charge in [0.05, 0.1) is 6.61 Å². The zero-order valence-electron chi connectivity index (χ0n) is 16.3. The van der Waals surface area contributed by atoms with Crippen LogP contribution in [-0.2, 0) is 11.2 Å². The lowest BCUT2D eigenvalue weighted by molar-refractivity contribution is 0.104. The van der Waals surface area contributed by atoms with Crippen molar-refractivity contribution < 1.29 is 9.53 Å². The molecule has 3 rings (SSSR count). The Labute approximate surface area is 181 Å². The highest BCUT2D eigenvalue weighted by Gasteiger charge is 2.26. The van der Waals surface area contributed by atoms with Crippen molar-refractivity contribution in [3.63, 3.8) is 0 Å². The van der Waals surface area contributed by atoms with Gasteiger partial charge < -0.3 is 15.4 Å². The van der Waals surface area contributed by atoms with Crippen molar-refractivity contribution in [2.24, 2.45) is 5.73 Å². The topological polar surface area (TPSA) is 55.6 Å². The number of carbonyl (C=O) groups excluding carboxylic acids is 1. The molecule has 1 heterocycles. The molecule has 0 saturated carbocycles. The highest BCUT2D eigenvalue weighted by Crippen LogP contribution is 2.41. The molecule has 1 saturated heterocycles. The lowest BCUT2D eigenvalue weighted by atomic mass is 9.86. The second-order valence-electron chi connectivity index (χ2n) is 7.02. The first kappa shape index (κ1) is 20.7. The summed E-state index contributed by atoms with van der Waals surface area (Å²) < 4.78 is 6.41. The maximum atomic E-state index is 12.0. The molecule has 1 aliphatic carbocycles. The molecule has 148 valence electrons. The van der Waals surface area contributed by atoms with Crippen LogP contribution in [0.5, 0.6) is 0 Å². The molecule has 0 spiro atoms. The molecule has 1 aromatic carbocycles. The number of hydrogen-bond donors (Lipinski definition) is 1. The van der Waals surface area contributed by atoms with E-state index in [0.717, 1.165) is 31.3 Å². The van der Waals surface area contributed by atoms with E-state index in [1.807, 2.05) is 13.0 Å². The first-order valence-corrected chi connectivity index (χ1v) is 10.8. The van der Waals surface area contributed by atoms with E-state index >= 15 is 0 Å². The third-order valence-electron chi connectivity index (χ3n) is 5.34. The fourth-order valence-electron chi connectivity index (χ4n) is 3.94. The van der Waals surface area contributed by atoms with Gasteiger partial charge in [-0.25, -0.2) is 4.79 Å². The fourth-order valence-corrected chi connectivity index (χ4v) is 4.50. The van der Waals surface area contributed by atoms with Crippen molar-refractivity contribution in [2.75, 3.05) is 19.7 Å². The van der Waals surface area contributed by atoms with E-state index in [9.17, 15) is 4.79 Å². The lowest BCUT2D eigenvalue weighted by Gasteiger charge is -2.30. The second-order valence-corrected chi connectivity index (χ2v) is 8.27. The molecule has 0 bridgehead atoms. The Morgan fingerprint density at radius 1 is 1.29 bits per heavy atom. The van der Waals surface area contributed by atoms with Crippen molar-refractivity contribution in [1.29, 1.82) is 0 Å².